The summed E-state index contributed by atoms with van der Waals surface area (Å²) in [7, 11) is 0. The number of anilines is 1. The van der Waals surface area contributed by atoms with Crippen molar-refractivity contribution in [3.8, 4) is 0 Å². The molecule has 0 unspecified atom stereocenters. The molecule has 1 aliphatic rings. The average Bonchev–Trinajstić information content (AvgIpc) is 2.55. The van der Waals surface area contributed by atoms with E-state index in [9.17, 15) is 14.3 Å². The van der Waals surface area contributed by atoms with Gasteiger partial charge in [0.05, 0.1) is 5.60 Å². The van der Waals surface area contributed by atoms with E-state index < -0.39 is 11.5 Å². The number of hydrogen-bond acceptors (Lipinski definition) is 4. The van der Waals surface area contributed by atoms with E-state index in [0.717, 1.165) is 0 Å². The number of likely N-dealkylation sites (tertiary alicyclic amines) is 1. The van der Waals surface area contributed by atoms with Crippen molar-refractivity contribution in [3.05, 3.63) is 59.7 Å². The Morgan fingerprint density at radius 1 is 1.21 bits per heavy atom. The van der Waals surface area contributed by atoms with Crippen LogP contribution in [0.3, 0.4) is 0 Å². The van der Waals surface area contributed by atoms with E-state index in [-0.39, 0.29) is 12.3 Å². The van der Waals surface area contributed by atoms with Crippen LogP contribution in [0.5, 0.6) is 0 Å². The van der Waals surface area contributed by atoms with Gasteiger partial charge in [-0.2, -0.15) is 4.39 Å². The van der Waals surface area contributed by atoms with Gasteiger partial charge in [-0.05, 0) is 49.2 Å². The number of rotatable bonds is 3. The molecular weight excluding hydrogens is 309 g/mol. The lowest BCUT2D eigenvalue weighted by Gasteiger charge is -2.38. The van der Waals surface area contributed by atoms with Gasteiger partial charge in [0.15, 0.2) is 0 Å². The molecule has 1 amide bonds. The van der Waals surface area contributed by atoms with Gasteiger partial charge in [0.25, 0.3) is 5.91 Å². The molecule has 2 heterocycles. The lowest BCUT2D eigenvalue weighted by Crippen LogP contribution is -2.47. The quantitative estimate of drug-likeness (QED) is 0.667. The minimum Gasteiger partial charge on any atom is -0.399 e. The minimum atomic E-state index is -0.960. The molecule has 0 aliphatic carbocycles. The highest BCUT2D eigenvalue weighted by molar-refractivity contribution is 5.94. The van der Waals surface area contributed by atoms with Crippen molar-refractivity contribution in [1.29, 1.82) is 0 Å². The zero-order chi connectivity index (χ0) is 17.2. The Hall–Kier alpha value is -2.47. The van der Waals surface area contributed by atoms with Crippen LogP contribution < -0.4 is 5.73 Å². The summed E-state index contributed by atoms with van der Waals surface area (Å²) in [5.41, 5.74) is 6.40. The molecule has 0 saturated carbocycles. The molecule has 6 heteroatoms. The van der Waals surface area contributed by atoms with Crippen molar-refractivity contribution in [3.63, 3.8) is 0 Å². The molecule has 5 nitrogen and oxygen atoms in total. The maximum Gasteiger partial charge on any atom is 0.253 e. The molecule has 2 aromatic rings. The fourth-order valence-corrected chi connectivity index (χ4v) is 3.00. The molecule has 24 heavy (non-hydrogen) atoms. The number of carbonyl (C=O) groups is 1. The molecule has 0 bridgehead atoms. The fraction of sp³-hybridized carbons (Fsp3) is 0.333. The van der Waals surface area contributed by atoms with Gasteiger partial charge >= 0.3 is 0 Å². The molecule has 3 rings (SSSR count). The summed E-state index contributed by atoms with van der Waals surface area (Å²) in [5, 5.41) is 10.7. The average molecular weight is 329 g/mol. The second kappa shape index (κ2) is 6.57. The maximum absolute atomic E-state index is 13.2. The molecule has 1 aliphatic heterocycles. The van der Waals surface area contributed by atoms with Crippen LogP contribution in [0.15, 0.2) is 42.5 Å². The largest absolute Gasteiger partial charge is 0.399 e. The summed E-state index contributed by atoms with van der Waals surface area (Å²) in [6.45, 7) is 0.907. The van der Waals surface area contributed by atoms with Gasteiger partial charge in [0.2, 0.25) is 5.95 Å². The number of benzene rings is 1. The Balaban J connectivity index is 1.62. The van der Waals surface area contributed by atoms with Gasteiger partial charge in [0.1, 0.15) is 0 Å². The van der Waals surface area contributed by atoms with E-state index in [4.69, 9.17) is 5.73 Å². The van der Waals surface area contributed by atoms with E-state index in [2.05, 4.69) is 4.98 Å². The number of nitrogens with zero attached hydrogens (tertiary/aromatic N) is 2. The summed E-state index contributed by atoms with van der Waals surface area (Å²) in [5.74, 6) is -0.618. The topological polar surface area (TPSA) is 79.5 Å². The van der Waals surface area contributed by atoms with Crippen molar-refractivity contribution in [2.24, 2.45) is 0 Å². The summed E-state index contributed by atoms with van der Waals surface area (Å²) in [6, 6.07) is 11.4. The second-order valence-corrected chi connectivity index (χ2v) is 6.27. The highest BCUT2D eigenvalue weighted by Gasteiger charge is 2.34. The van der Waals surface area contributed by atoms with E-state index >= 15 is 0 Å². The predicted octanol–water partition coefficient (Wildman–Crippen LogP) is 2.01. The molecule has 1 aromatic heterocycles. The molecule has 1 saturated heterocycles. The van der Waals surface area contributed by atoms with Crippen molar-refractivity contribution >= 4 is 11.6 Å². The lowest BCUT2D eigenvalue weighted by molar-refractivity contribution is -0.0169. The standard InChI is InChI=1S/C18H20FN3O2/c19-16-3-1-2-15(21-16)12-18(24)8-10-22(11-9-18)17(23)13-4-6-14(20)7-5-13/h1-7,24H,8-12,20H2. The molecule has 0 spiro atoms. The first kappa shape index (κ1) is 16.4. The highest BCUT2D eigenvalue weighted by Crippen LogP contribution is 2.27. The van der Waals surface area contributed by atoms with Crippen molar-refractivity contribution in [1.82, 2.24) is 9.88 Å². The molecule has 1 aromatic carbocycles. The summed E-state index contributed by atoms with van der Waals surface area (Å²) >= 11 is 0. The van der Waals surface area contributed by atoms with Crippen LogP contribution in [0, 0.1) is 5.95 Å². The Morgan fingerprint density at radius 3 is 2.50 bits per heavy atom. The summed E-state index contributed by atoms with van der Waals surface area (Å²) in [4.78, 5) is 18.0. The summed E-state index contributed by atoms with van der Waals surface area (Å²) < 4.78 is 13.2. The molecular formula is C18H20FN3O2. The number of aliphatic hydroxyl groups is 1. The fourth-order valence-electron chi connectivity index (χ4n) is 3.00. The van der Waals surface area contributed by atoms with Gasteiger partial charge < -0.3 is 15.7 Å². The normalized spacial score (nSPS) is 16.8. The van der Waals surface area contributed by atoms with E-state index in [1.165, 1.54) is 6.07 Å². The number of piperidine rings is 1. The van der Waals surface area contributed by atoms with Crippen molar-refractivity contribution in [2.75, 3.05) is 18.8 Å². The lowest BCUT2D eigenvalue weighted by atomic mass is 9.86. The number of nitrogens with two attached hydrogens (primary N) is 1. The molecule has 0 radical (unpaired) electrons. The van der Waals surface area contributed by atoms with Gasteiger partial charge in [-0.25, -0.2) is 4.98 Å². The van der Waals surface area contributed by atoms with Crippen molar-refractivity contribution < 1.29 is 14.3 Å². The number of carbonyl (C=O) groups excluding carboxylic acids is 1. The van der Waals surface area contributed by atoms with Gasteiger partial charge in [-0.15, -0.1) is 0 Å². The third-order valence-electron chi connectivity index (χ3n) is 4.42. The van der Waals surface area contributed by atoms with Crippen LogP contribution in [-0.2, 0) is 6.42 Å². The SMILES string of the molecule is Nc1ccc(C(=O)N2CCC(O)(Cc3cccc(F)n3)CC2)cc1. The van der Waals surface area contributed by atoms with Crippen LogP contribution in [0.25, 0.3) is 0 Å². The number of amides is 1. The van der Waals surface area contributed by atoms with E-state index in [1.807, 2.05) is 0 Å². The Kier molecular flexibility index (Phi) is 4.49. The van der Waals surface area contributed by atoms with Gasteiger partial charge in [-0.1, -0.05) is 6.07 Å². The first-order chi connectivity index (χ1) is 11.5. The summed E-state index contributed by atoms with van der Waals surface area (Å²) in [6.07, 6.45) is 1.16. The molecule has 0 atom stereocenters. The number of pyridine rings is 1. The molecule has 126 valence electrons. The minimum absolute atomic E-state index is 0.0686. The number of hydrogen-bond donors (Lipinski definition) is 2. The monoisotopic (exact) mass is 329 g/mol. The van der Waals surface area contributed by atoms with E-state index in [1.54, 1.807) is 41.3 Å². The van der Waals surface area contributed by atoms with Crippen LogP contribution in [0.1, 0.15) is 28.9 Å². The van der Waals surface area contributed by atoms with E-state index in [0.29, 0.717) is 42.9 Å². The third kappa shape index (κ3) is 3.71. The maximum atomic E-state index is 13.2. The van der Waals surface area contributed by atoms with Crippen LogP contribution >= 0.6 is 0 Å². The zero-order valence-corrected chi connectivity index (χ0v) is 13.3. The Labute approximate surface area is 139 Å². The Morgan fingerprint density at radius 2 is 1.88 bits per heavy atom. The molecule has 3 N–H and O–H groups in total. The van der Waals surface area contributed by atoms with Gasteiger partial charge in [-0.3, -0.25) is 4.79 Å². The number of halogens is 1. The predicted molar refractivity (Wildman–Crippen MR) is 88.8 cm³/mol. The zero-order valence-electron chi connectivity index (χ0n) is 13.3. The molecule has 1 fully saturated rings. The van der Waals surface area contributed by atoms with Crippen LogP contribution in [0.4, 0.5) is 10.1 Å². The number of aromatic nitrogens is 1. The highest BCUT2D eigenvalue weighted by atomic mass is 19.1. The number of nitrogen functional groups attached to an aromatic ring is 1. The third-order valence-corrected chi connectivity index (χ3v) is 4.42. The van der Waals surface area contributed by atoms with Crippen LogP contribution in [0.2, 0.25) is 0 Å². The second-order valence-electron chi connectivity index (χ2n) is 6.27. The van der Waals surface area contributed by atoms with Crippen molar-refractivity contribution in [2.45, 2.75) is 24.9 Å². The first-order valence-corrected chi connectivity index (χ1v) is 7.94. The Bertz CT molecular complexity index is 725. The first-order valence-electron chi connectivity index (χ1n) is 7.94. The van der Waals surface area contributed by atoms with Gasteiger partial charge in [0, 0.05) is 36.5 Å². The smallest absolute Gasteiger partial charge is 0.253 e. The van der Waals surface area contributed by atoms with Crippen LogP contribution in [-0.4, -0.2) is 39.6 Å².